The van der Waals surface area contributed by atoms with Gasteiger partial charge in [-0.05, 0) is 54.8 Å². The summed E-state index contributed by atoms with van der Waals surface area (Å²) in [7, 11) is 1.58. The Kier molecular flexibility index (Phi) is 6.32. The molecule has 0 unspecified atom stereocenters. The number of ether oxygens (including phenoxy) is 4. The van der Waals surface area contributed by atoms with Crippen molar-refractivity contribution in [1.82, 2.24) is 0 Å². The van der Waals surface area contributed by atoms with Crippen molar-refractivity contribution in [1.29, 1.82) is 0 Å². The highest BCUT2D eigenvalue weighted by molar-refractivity contribution is 6.12. The molecule has 2 N–H and O–H groups in total. The minimum atomic E-state index is -0.0743. The molecule has 0 bridgehead atoms. The normalized spacial score (nSPS) is 13.3. The van der Waals surface area contributed by atoms with Crippen LogP contribution in [0.15, 0.2) is 35.9 Å². The van der Waals surface area contributed by atoms with E-state index in [1.165, 1.54) is 0 Å². The van der Waals surface area contributed by atoms with Gasteiger partial charge in [-0.2, -0.15) is 0 Å². The van der Waals surface area contributed by atoms with E-state index in [-0.39, 0.29) is 11.7 Å². The standard InChI is InChI=1S/C23H27NO5/c1-5-27-19-13-16(6-7-18(19)24)22(25)17(14(2)3)10-15-11-20(26-4)23-21(12-15)28-8-9-29-23/h6-7,10-14H,5,8-9,24H2,1-4H3. The lowest BCUT2D eigenvalue weighted by Gasteiger charge is -2.21. The Morgan fingerprint density at radius 1 is 1.17 bits per heavy atom. The van der Waals surface area contributed by atoms with Crippen LogP contribution in [0.25, 0.3) is 6.08 Å². The zero-order valence-corrected chi connectivity index (χ0v) is 17.3. The van der Waals surface area contributed by atoms with Crippen molar-refractivity contribution in [3.63, 3.8) is 0 Å². The van der Waals surface area contributed by atoms with E-state index in [4.69, 9.17) is 24.7 Å². The number of benzene rings is 2. The van der Waals surface area contributed by atoms with Gasteiger partial charge in [-0.15, -0.1) is 0 Å². The van der Waals surface area contributed by atoms with Crippen molar-refractivity contribution in [3.05, 3.63) is 47.0 Å². The van der Waals surface area contributed by atoms with E-state index >= 15 is 0 Å². The number of hydrogen-bond donors (Lipinski definition) is 1. The van der Waals surface area contributed by atoms with Gasteiger partial charge in [-0.1, -0.05) is 13.8 Å². The number of rotatable bonds is 7. The first-order valence-electron chi connectivity index (χ1n) is 9.70. The quantitative estimate of drug-likeness (QED) is 0.425. The Bertz CT molecular complexity index is 916. The van der Waals surface area contributed by atoms with Crippen LogP contribution in [-0.4, -0.2) is 32.7 Å². The van der Waals surface area contributed by atoms with Gasteiger partial charge >= 0.3 is 0 Å². The van der Waals surface area contributed by atoms with Gasteiger partial charge in [0.2, 0.25) is 5.75 Å². The van der Waals surface area contributed by atoms with Gasteiger partial charge in [0, 0.05) is 11.1 Å². The summed E-state index contributed by atoms with van der Waals surface area (Å²) >= 11 is 0. The van der Waals surface area contributed by atoms with E-state index < -0.39 is 0 Å². The molecule has 154 valence electrons. The summed E-state index contributed by atoms with van der Waals surface area (Å²) in [5, 5.41) is 0. The van der Waals surface area contributed by atoms with Gasteiger partial charge in [0.15, 0.2) is 17.3 Å². The molecule has 0 saturated carbocycles. The highest BCUT2D eigenvalue weighted by atomic mass is 16.6. The first kappa shape index (κ1) is 20.6. The molecular weight excluding hydrogens is 370 g/mol. The summed E-state index contributed by atoms with van der Waals surface area (Å²) in [6.07, 6.45) is 1.87. The number of anilines is 1. The Morgan fingerprint density at radius 2 is 1.93 bits per heavy atom. The van der Waals surface area contributed by atoms with Crippen molar-refractivity contribution in [2.24, 2.45) is 5.92 Å². The Labute approximate surface area is 171 Å². The van der Waals surface area contributed by atoms with Gasteiger partial charge < -0.3 is 24.7 Å². The predicted molar refractivity (Wildman–Crippen MR) is 113 cm³/mol. The van der Waals surface area contributed by atoms with Crippen molar-refractivity contribution in [2.75, 3.05) is 32.7 Å². The maximum atomic E-state index is 13.2. The van der Waals surface area contributed by atoms with Crippen LogP contribution in [0.1, 0.15) is 36.7 Å². The molecule has 0 aromatic heterocycles. The van der Waals surface area contributed by atoms with Crippen molar-refractivity contribution in [2.45, 2.75) is 20.8 Å². The molecule has 1 aliphatic heterocycles. The highest BCUT2D eigenvalue weighted by Crippen LogP contribution is 2.41. The number of carbonyl (C=O) groups is 1. The van der Waals surface area contributed by atoms with Crippen LogP contribution in [-0.2, 0) is 0 Å². The summed E-state index contributed by atoms with van der Waals surface area (Å²) in [6, 6.07) is 8.82. The van der Waals surface area contributed by atoms with Crippen LogP contribution < -0.4 is 24.7 Å². The fourth-order valence-electron chi connectivity index (χ4n) is 3.17. The van der Waals surface area contributed by atoms with Gasteiger partial charge in [0.1, 0.15) is 19.0 Å². The van der Waals surface area contributed by atoms with E-state index in [0.29, 0.717) is 59.6 Å². The Morgan fingerprint density at radius 3 is 2.62 bits per heavy atom. The maximum Gasteiger partial charge on any atom is 0.203 e. The maximum absolute atomic E-state index is 13.2. The van der Waals surface area contributed by atoms with E-state index in [9.17, 15) is 4.79 Å². The molecule has 6 heteroatoms. The lowest BCUT2D eigenvalue weighted by atomic mass is 9.92. The highest BCUT2D eigenvalue weighted by Gasteiger charge is 2.21. The van der Waals surface area contributed by atoms with Crippen LogP contribution >= 0.6 is 0 Å². The number of methoxy groups -OCH3 is 1. The fraction of sp³-hybridized carbons (Fsp3) is 0.348. The van der Waals surface area contributed by atoms with Crippen molar-refractivity contribution < 1.29 is 23.7 Å². The molecule has 0 radical (unpaired) electrons. The molecule has 0 amide bonds. The third-order valence-electron chi connectivity index (χ3n) is 4.63. The van der Waals surface area contributed by atoms with Crippen LogP contribution in [0.4, 0.5) is 5.69 Å². The van der Waals surface area contributed by atoms with Gasteiger partial charge in [0.25, 0.3) is 0 Å². The van der Waals surface area contributed by atoms with E-state index in [2.05, 4.69) is 0 Å². The Hall–Kier alpha value is -3.15. The number of carbonyl (C=O) groups excluding carboxylic acids is 1. The molecule has 1 heterocycles. The monoisotopic (exact) mass is 397 g/mol. The number of allylic oxidation sites excluding steroid dienone is 1. The summed E-state index contributed by atoms with van der Waals surface area (Å²) in [5.74, 6) is 2.24. The lowest BCUT2D eigenvalue weighted by Crippen LogP contribution is -2.16. The van der Waals surface area contributed by atoms with Gasteiger partial charge in [-0.3, -0.25) is 4.79 Å². The van der Waals surface area contributed by atoms with Crippen LogP contribution in [0.2, 0.25) is 0 Å². The van der Waals surface area contributed by atoms with Gasteiger partial charge in [0.05, 0.1) is 19.4 Å². The summed E-state index contributed by atoms with van der Waals surface area (Å²) < 4.78 is 22.3. The number of ketones is 1. The molecule has 2 aromatic carbocycles. The first-order valence-corrected chi connectivity index (χ1v) is 9.70. The van der Waals surface area contributed by atoms with Crippen LogP contribution in [0, 0.1) is 5.92 Å². The topological polar surface area (TPSA) is 80.0 Å². The molecule has 1 aliphatic rings. The van der Waals surface area contributed by atoms with E-state index in [1.54, 1.807) is 25.3 Å². The third kappa shape index (κ3) is 4.47. The molecule has 3 rings (SSSR count). The second kappa shape index (κ2) is 8.90. The number of nitrogens with two attached hydrogens (primary N) is 1. The Balaban J connectivity index is 2.01. The van der Waals surface area contributed by atoms with E-state index in [1.807, 2.05) is 39.0 Å². The second-order valence-corrected chi connectivity index (χ2v) is 7.02. The van der Waals surface area contributed by atoms with Crippen LogP contribution in [0.5, 0.6) is 23.0 Å². The summed E-state index contributed by atoms with van der Waals surface area (Å²) in [6.45, 7) is 7.28. The SMILES string of the molecule is CCOc1cc(C(=O)C(=Cc2cc(OC)c3c(c2)OCCO3)C(C)C)ccc1N. The molecule has 2 aromatic rings. The molecular formula is C23H27NO5. The fourth-order valence-corrected chi connectivity index (χ4v) is 3.17. The third-order valence-corrected chi connectivity index (χ3v) is 4.63. The molecule has 6 nitrogen and oxygen atoms in total. The number of nitrogen functional groups attached to an aromatic ring is 1. The molecule has 0 fully saturated rings. The van der Waals surface area contributed by atoms with Crippen molar-refractivity contribution >= 4 is 17.5 Å². The van der Waals surface area contributed by atoms with Crippen molar-refractivity contribution in [3.8, 4) is 23.0 Å². The van der Waals surface area contributed by atoms with E-state index in [0.717, 1.165) is 5.56 Å². The zero-order valence-electron chi connectivity index (χ0n) is 17.3. The largest absolute Gasteiger partial charge is 0.493 e. The summed E-state index contributed by atoms with van der Waals surface area (Å²) in [4.78, 5) is 13.2. The molecule has 0 atom stereocenters. The van der Waals surface area contributed by atoms with Gasteiger partial charge in [-0.25, -0.2) is 0 Å². The second-order valence-electron chi connectivity index (χ2n) is 7.02. The average Bonchev–Trinajstić information content (AvgIpc) is 2.72. The lowest BCUT2D eigenvalue weighted by molar-refractivity contribution is 0.102. The smallest absolute Gasteiger partial charge is 0.203 e. The number of Topliss-reactive ketones (excluding diaryl/α,β-unsaturated/α-hetero) is 1. The summed E-state index contributed by atoms with van der Waals surface area (Å²) in [5.41, 5.74) is 8.46. The minimum Gasteiger partial charge on any atom is -0.493 e. The predicted octanol–water partition coefficient (Wildman–Crippen LogP) is 4.37. The molecule has 29 heavy (non-hydrogen) atoms. The number of hydrogen-bond acceptors (Lipinski definition) is 6. The molecule has 0 saturated heterocycles. The first-order chi connectivity index (χ1) is 13.9. The molecule has 0 spiro atoms. The average molecular weight is 397 g/mol. The zero-order chi connectivity index (χ0) is 21.0. The molecule has 0 aliphatic carbocycles. The number of fused-ring (bicyclic) bond motifs is 1. The van der Waals surface area contributed by atoms with Crippen LogP contribution in [0.3, 0.4) is 0 Å². The minimum absolute atomic E-state index is 0.00907.